The first kappa shape index (κ1) is 20.5. The number of carbonyl (C=O) groups excluding carboxylic acids is 1. The van der Waals surface area contributed by atoms with Crippen LogP contribution in [0.4, 0.5) is 11.5 Å². The van der Waals surface area contributed by atoms with Gasteiger partial charge in [-0.25, -0.2) is 9.97 Å². The van der Waals surface area contributed by atoms with Crippen LogP contribution in [0, 0.1) is 13.8 Å². The van der Waals surface area contributed by atoms with E-state index < -0.39 is 0 Å². The average molecular weight is 422 g/mol. The first-order valence-corrected chi connectivity index (χ1v) is 10.9. The Kier molecular flexibility index (Phi) is 5.83. The number of fused-ring (bicyclic) bond motifs is 3. The topological polar surface area (TPSA) is 61.4 Å². The van der Waals surface area contributed by atoms with E-state index in [1.165, 1.54) is 21.6 Å². The van der Waals surface area contributed by atoms with E-state index in [0.717, 1.165) is 34.7 Å². The fraction of sp³-hybridized carbons (Fsp3) is 0.348. The number of aromatic nitrogens is 2. The van der Waals surface area contributed by atoms with Crippen molar-refractivity contribution in [1.82, 2.24) is 19.8 Å². The molecule has 7 heteroatoms. The number of hydrogen-bond donors (Lipinski definition) is 1. The molecule has 2 aromatic heterocycles. The summed E-state index contributed by atoms with van der Waals surface area (Å²) in [6.07, 6.45) is 6.03. The highest BCUT2D eigenvalue weighted by Crippen LogP contribution is 2.38. The van der Waals surface area contributed by atoms with Crippen LogP contribution in [0.1, 0.15) is 21.6 Å². The van der Waals surface area contributed by atoms with Crippen molar-refractivity contribution in [1.29, 1.82) is 0 Å². The van der Waals surface area contributed by atoms with Crippen LogP contribution >= 0.6 is 11.3 Å². The molecule has 6 nitrogen and oxygen atoms in total. The minimum Gasteiger partial charge on any atom is -0.340 e. The van der Waals surface area contributed by atoms with Gasteiger partial charge in [0, 0.05) is 29.7 Å². The maximum Gasteiger partial charge on any atom is 0.246 e. The summed E-state index contributed by atoms with van der Waals surface area (Å²) in [6, 6.07) is 6.41. The molecule has 1 N–H and O–H groups in total. The first-order valence-electron chi connectivity index (χ1n) is 10.1. The molecule has 1 aromatic carbocycles. The van der Waals surface area contributed by atoms with E-state index in [2.05, 4.69) is 47.3 Å². The molecule has 3 aromatic rings. The van der Waals surface area contributed by atoms with Crippen LogP contribution in [-0.2, 0) is 17.8 Å². The zero-order valence-corrected chi connectivity index (χ0v) is 18.7. The quantitative estimate of drug-likeness (QED) is 0.630. The van der Waals surface area contributed by atoms with Gasteiger partial charge in [-0.15, -0.1) is 11.3 Å². The third-order valence-electron chi connectivity index (χ3n) is 5.16. The van der Waals surface area contributed by atoms with Crippen molar-refractivity contribution in [3.8, 4) is 0 Å². The number of carbonyl (C=O) groups is 1. The van der Waals surface area contributed by atoms with Crippen molar-refractivity contribution in [2.24, 2.45) is 0 Å². The maximum absolute atomic E-state index is 12.6. The smallest absolute Gasteiger partial charge is 0.246 e. The molecule has 0 atom stereocenters. The predicted molar refractivity (Wildman–Crippen MR) is 123 cm³/mol. The molecule has 156 valence electrons. The number of amides is 1. The number of nitrogens with zero attached hydrogens (tertiary/aromatic N) is 4. The minimum absolute atomic E-state index is 0.0691. The number of thiophene rings is 1. The van der Waals surface area contributed by atoms with Crippen LogP contribution in [0.25, 0.3) is 10.2 Å². The first-order chi connectivity index (χ1) is 14.4. The van der Waals surface area contributed by atoms with E-state index in [1.54, 1.807) is 23.7 Å². The van der Waals surface area contributed by atoms with Gasteiger partial charge in [-0.05, 0) is 63.2 Å². The third-order valence-corrected chi connectivity index (χ3v) is 6.29. The molecule has 4 rings (SSSR count). The van der Waals surface area contributed by atoms with Gasteiger partial charge in [0.1, 0.15) is 17.0 Å². The lowest BCUT2D eigenvalue weighted by Crippen LogP contribution is -2.34. The molecular formula is C23H27N5OS. The molecule has 0 bridgehead atoms. The van der Waals surface area contributed by atoms with Crippen molar-refractivity contribution in [2.45, 2.75) is 26.8 Å². The van der Waals surface area contributed by atoms with Crippen molar-refractivity contribution < 1.29 is 4.79 Å². The number of likely N-dealkylation sites (N-methyl/N-ethyl adjacent to an activating group) is 1. The fourth-order valence-electron chi connectivity index (χ4n) is 3.86. The largest absolute Gasteiger partial charge is 0.340 e. The van der Waals surface area contributed by atoms with Crippen molar-refractivity contribution in [3.63, 3.8) is 0 Å². The maximum atomic E-state index is 12.6. The summed E-state index contributed by atoms with van der Waals surface area (Å²) < 4.78 is 0. The number of rotatable bonds is 5. The Morgan fingerprint density at radius 3 is 2.73 bits per heavy atom. The van der Waals surface area contributed by atoms with Crippen molar-refractivity contribution >= 4 is 39.0 Å². The molecule has 0 saturated heterocycles. The lowest BCUT2D eigenvalue weighted by molar-refractivity contribution is -0.126. The number of hydrogen-bond acceptors (Lipinski definition) is 6. The van der Waals surface area contributed by atoms with Gasteiger partial charge in [0.2, 0.25) is 5.91 Å². The molecule has 0 fully saturated rings. The SMILES string of the molecule is Cc1cc(C)cc(Nc2ncnc3sc4c(c23)CCN(C(=O)/C=C/CN(C)C)C4)c1. The molecule has 0 saturated carbocycles. The summed E-state index contributed by atoms with van der Waals surface area (Å²) in [6.45, 7) is 6.29. The highest BCUT2D eigenvalue weighted by molar-refractivity contribution is 7.19. The van der Waals surface area contributed by atoms with E-state index in [9.17, 15) is 4.79 Å². The monoisotopic (exact) mass is 421 g/mol. The molecule has 1 aliphatic rings. The normalized spacial score (nSPS) is 14.0. The minimum atomic E-state index is 0.0691. The molecule has 0 spiro atoms. The van der Waals surface area contributed by atoms with Crippen LogP contribution in [0.15, 0.2) is 36.7 Å². The molecule has 30 heavy (non-hydrogen) atoms. The zero-order valence-electron chi connectivity index (χ0n) is 17.9. The average Bonchev–Trinajstić information content (AvgIpc) is 3.05. The Balaban J connectivity index is 1.60. The van der Waals surface area contributed by atoms with Crippen LogP contribution in [0.5, 0.6) is 0 Å². The van der Waals surface area contributed by atoms with Gasteiger partial charge in [-0.1, -0.05) is 12.1 Å². The lowest BCUT2D eigenvalue weighted by atomic mass is 10.0. The van der Waals surface area contributed by atoms with Gasteiger partial charge in [0.25, 0.3) is 0 Å². The Bertz CT molecular complexity index is 1100. The van der Waals surface area contributed by atoms with Gasteiger partial charge in [-0.3, -0.25) is 4.79 Å². The van der Waals surface area contributed by atoms with E-state index in [1.807, 2.05) is 30.0 Å². The van der Waals surface area contributed by atoms with Crippen molar-refractivity contribution in [3.05, 3.63) is 58.2 Å². The second-order valence-electron chi connectivity index (χ2n) is 8.08. The van der Waals surface area contributed by atoms with Gasteiger partial charge < -0.3 is 15.1 Å². The highest BCUT2D eigenvalue weighted by Gasteiger charge is 2.25. The van der Waals surface area contributed by atoms with E-state index in [4.69, 9.17) is 0 Å². The summed E-state index contributed by atoms with van der Waals surface area (Å²) >= 11 is 1.66. The summed E-state index contributed by atoms with van der Waals surface area (Å²) in [5.74, 6) is 0.910. The molecule has 3 heterocycles. The summed E-state index contributed by atoms with van der Waals surface area (Å²) in [4.78, 5) is 27.7. The van der Waals surface area contributed by atoms with Crippen LogP contribution in [0.3, 0.4) is 0 Å². The van der Waals surface area contributed by atoms with Gasteiger partial charge >= 0.3 is 0 Å². The zero-order chi connectivity index (χ0) is 21.3. The summed E-state index contributed by atoms with van der Waals surface area (Å²) in [5, 5.41) is 4.59. The Labute approximate surface area is 181 Å². The Morgan fingerprint density at radius 2 is 2.00 bits per heavy atom. The van der Waals surface area contributed by atoms with Gasteiger partial charge in [0.05, 0.1) is 11.9 Å². The number of benzene rings is 1. The predicted octanol–water partition coefficient (Wildman–Crippen LogP) is 4.05. The standard InChI is InChI=1S/C23H27N5OS/c1-15-10-16(2)12-17(11-15)26-22-21-18-7-9-28(20(29)6-5-8-27(3)4)13-19(18)30-23(21)25-14-24-22/h5-6,10-12,14H,7-9,13H2,1-4H3,(H,24,25,26)/b6-5+. The molecule has 1 amide bonds. The summed E-state index contributed by atoms with van der Waals surface area (Å²) in [5.41, 5.74) is 4.73. The second-order valence-corrected chi connectivity index (χ2v) is 9.17. The van der Waals surface area contributed by atoms with Crippen molar-refractivity contribution in [2.75, 3.05) is 32.5 Å². The van der Waals surface area contributed by atoms with E-state index in [-0.39, 0.29) is 5.91 Å². The molecule has 0 aliphatic carbocycles. The number of aryl methyl sites for hydroxylation is 2. The molecule has 0 unspecified atom stereocenters. The van der Waals surface area contributed by atoms with Crippen LogP contribution in [0.2, 0.25) is 0 Å². The van der Waals surface area contributed by atoms with Gasteiger partial charge in [0.15, 0.2) is 0 Å². The van der Waals surface area contributed by atoms with E-state index in [0.29, 0.717) is 13.1 Å². The van der Waals surface area contributed by atoms with Gasteiger partial charge in [-0.2, -0.15) is 0 Å². The molecule has 1 aliphatic heterocycles. The molecule has 0 radical (unpaired) electrons. The van der Waals surface area contributed by atoms with Crippen LogP contribution in [-0.4, -0.2) is 52.9 Å². The fourth-order valence-corrected chi connectivity index (χ4v) is 5.07. The second kappa shape index (κ2) is 8.53. The molecular weight excluding hydrogens is 394 g/mol. The Hall–Kier alpha value is -2.77. The third kappa shape index (κ3) is 4.37. The number of anilines is 2. The Morgan fingerprint density at radius 1 is 1.23 bits per heavy atom. The number of nitrogens with one attached hydrogen (secondary N) is 1. The highest BCUT2D eigenvalue weighted by atomic mass is 32.1. The van der Waals surface area contributed by atoms with Crippen LogP contribution < -0.4 is 5.32 Å². The summed E-state index contributed by atoms with van der Waals surface area (Å²) in [7, 11) is 3.98. The van der Waals surface area contributed by atoms with E-state index >= 15 is 0 Å². The lowest BCUT2D eigenvalue weighted by Gasteiger charge is -2.26.